The Kier molecular flexibility index (Phi) is 5.22. The number of rotatable bonds is 4. The molecular formula is C12H14BrFN2OS. The van der Waals surface area contributed by atoms with Crippen LogP contribution in [0.25, 0.3) is 0 Å². The van der Waals surface area contributed by atoms with Crippen molar-refractivity contribution in [3.63, 3.8) is 0 Å². The van der Waals surface area contributed by atoms with Gasteiger partial charge in [0.25, 0.3) is 5.91 Å². The fourth-order valence-corrected chi connectivity index (χ4v) is 2.12. The number of nitrogens with two attached hydrogens (primary N) is 1. The lowest BCUT2D eigenvalue weighted by atomic mass is 10.0. The number of amides is 1. The summed E-state index contributed by atoms with van der Waals surface area (Å²) >= 11 is 8.01. The smallest absolute Gasteiger partial charge is 0.254 e. The molecule has 1 unspecified atom stereocenters. The van der Waals surface area contributed by atoms with Crippen LogP contribution in [0.15, 0.2) is 22.7 Å². The molecule has 1 aromatic rings. The molecule has 18 heavy (non-hydrogen) atoms. The Bertz CT molecular complexity index is 479. The van der Waals surface area contributed by atoms with E-state index in [0.29, 0.717) is 4.47 Å². The molecule has 0 saturated carbocycles. The van der Waals surface area contributed by atoms with Crippen LogP contribution in [0.5, 0.6) is 0 Å². The Hall–Kier alpha value is -1.01. The Balaban J connectivity index is 2.91. The fourth-order valence-electron chi connectivity index (χ4n) is 1.46. The van der Waals surface area contributed by atoms with Crippen molar-refractivity contribution in [2.24, 2.45) is 11.7 Å². The minimum atomic E-state index is -0.590. The summed E-state index contributed by atoms with van der Waals surface area (Å²) in [5.41, 5.74) is 5.51. The molecule has 98 valence electrons. The molecule has 0 bridgehead atoms. The van der Waals surface area contributed by atoms with Gasteiger partial charge in [-0.3, -0.25) is 4.79 Å². The van der Waals surface area contributed by atoms with Gasteiger partial charge in [-0.25, -0.2) is 4.39 Å². The van der Waals surface area contributed by atoms with Gasteiger partial charge < -0.3 is 11.1 Å². The quantitative estimate of drug-likeness (QED) is 0.833. The lowest BCUT2D eigenvalue weighted by Gasteiger charge is -2.21. The summed E-state index contributed by atoms with van der Waals surface area (Å²) in [5.74, 6) is -1.07. The second-order valence-corrected chi connectivity index (χ2v) is 5.61. The lowest BCUT2D eigenvalue weighted by Crippen LogP contribution is -2.47. The molecule has 0 aromatic heterocycles. The van der Waals surface area contributed by atoms with Gasteiger partial charge in [-0.15, -0.1) is 0 Å². The third-order valence-corrected chi connectivity index (χ3v) is 3.18. The number of benzene rings is 1. The Morgan fingerprint density at radius 3 is 2.56 bits per heavy atom. The second-order valence-electron chi connectivity index (χ2n) is 4.22. The predicted molar refractivity (Wildman–Crippen MR) is 77.0 cm³/mol. The van der Waals surface area contributed by atoms with Gasteiger partial charge in [0.1, 0.15) is 5.82 Å². The van der Waals surface area contributed by atoms with Crippen molar-refractivity contribution in [1.82, 2.24) is 5.32 Å². The van der Waals surface area contributed by atoms with Crippen molar-refractivity contribution in [3.05, 3.63) is 34.1 Å². The predicted octanol–water partition coefficient (Wildman–Crippen LogP) is 2.63. The minimum Gasteiger partial charge on any atom is -0.392 e. The number of carbonyl (C=O) groups excluding carboxylic acids is 1. The maximum absolute atomic E-state index is 13.6. The first-order valence-corrected chi connectivity index (χ1v) is 6.58. The van der Waals surface area contributed by atoms with Crippen molar-refractivity contribution in [3.8, 4) is 0 Å². The standard InChI is InChI=1S/C12H14BrFN2OS/c1-6(2)10(11(15)18)16-12(17)8-4-3-7(13)5-9(8)14/h3-6,10H,1-2H3,(H2,15,18)(H,16,17). The number of hydrogen-bond acceptors (Lipinski definition) is 2. The molecular weight excluding hydrogens is 319 g/mol. The third kappa shape index (κ3) is 3.74. The first-order chi connectivity index (χ1) is 8.32. The van der Waals surface area contributed by atoms with E-state index in [1.165, 1.54) is 12.1 Å². The number of thiocarbonyl (C=S) groups is 1. The van der Waals surface area contributed by atoms with Gasteiger partial charge in [-0.1, -0.05) is 42.0 Å². The lowest BCUT2D eigenvalue weighted by molar-refractivity contribution is 0.0936. The minimum absolute atomic E-state index is 0.0277. The molecule has 0 aliphatic carbocycles. The largest absolute Gasteiger partial charge is 0.392 e. The molecule has 6 heteroatoms. The topological polar surface area (TPSA) is 55.1 Å². The van der Waals surface area contributed by atoms with Crippen LogP contribution in [-0.2, 0) is 0 Å². The van der Waals surface area contributed by atoms with E-state index in [1.54, 1.807) is 6.07 Å². The molecule has 0 saturated heterocycles. The van der Waals surface area contributed by atoms with Crippen LogP contribution in [0.2, 0.25) is 0 Å². The number of halogens is 2. The van der Waals surface area contributed by atoms with Gasteiger partial charge >= 0.3 is 0 Å². The van der Waals surface area contributed by atoms with Crippen LogP contribution in [0.4, 0.5) is 4.39 Å². The van der Waals surface area contributed by atoms with Crippen LogP contribution in [-0.4, -0.2) is 16.9 Å². The molecule has 0 aliphatic heterocycles. The normalized spacial score (nSPS) is 12.3. The Morgan fingerprint density at radius 1 is 1.50 bits per heavy atom. The monoisotopic (exact) mass is 332 g/mol. The second kappa shape index (κ2) is 6.24. The van der Waals surface area contributed by atoms with E-state index in [4.69, 9.17) is 18.0 Å². The van der Waals surface area contributed by atoms with Crippen LogP contribution in [0, 0.1) is 11.7 Å². The summed E-state index contributed by atoms with van der Waals surface area (Å²) in [4.78, 5) is 12.1. The van der Waals surface area contributed by atoms with E-state index in [0.717, 1.165) is 0 Å². The zero-order valence-corrected chi connectivity index (χ0v) is 12.4. The van der Waals surface area contributed by atoms with E-state index < -0.39 is 17.8 Å². The molecule has 3 N–H and O–H groups in total. The van der Waals surface area contributed by atoms with Gasteiger partial charge in [0.05, 0.1) is 16.6 Å². The molecule has 0 fully saturated rings. The van der Waals surface area contributed by atoms with Gasteiger partial charge in [-0.2, -0.15) is 0 Å². The molecule has 1 aromatic carbocycles. The molecule has 0 radical (unpaired) electrons. The number of carbonyl (C=O) groups is 1. The van der Waals surface area contributed by atoms with Crippen molar-refractivity contribution in [2.75, 3.05) is 0 Å². The van der Waals surface area contributed by atoms with Crippen LogP contribution >= 0.6 is 28.1 Å². The molecule has 0 aliphatic rings. The van der Waals surface area contributed by atoms with E-state index in [2.05, 4.69) is 21.2 Å². The first kappa shape index (κ1) is 15.0. The highest BCUT2D eigenvalue weighted by molar-refractivity contribution is 9.10. The van der Waals surface area contributed by atoms with E-state index in [-0.39, 0.29) is 16.5 Å². The number of nitrogens with one attached hydrogen (secondary N) is 1. The van der Waals surface area contributed by atoms with Crippen molar-refractivity contribution >= 4 is 39.0 Å². The van der Waals surface area contributed by atoms with Crippen LogP contribution in [0.1, 0.15) is 24.2 Å². The van der Waals surface area contributed by atoms with Crippen LogP contribution in [0.3, 0.4) is 0 Å². The molecule has 1 rings (SSSR count). The van der Waals surface area contributed by atoms with Crippen molar-refractivity contribution in [1.29, 1.82) is 0 Å². The zero-order chi connectivity index (χ0) is 13.9. The summed E-state index contributed by atoms with van der Waals surface area (Å²) < 4.78 is 14.2. The van der Waals surface area contributed by atoms with Crippen molar-refractivity contribution in [2.45, 2.75) is 19.9 Å². The average molecular weight is 333 g/mol. The highest BCUT2D eigenvalue weighted by Crippen LogP contribution is 2.15. The Morgan fingerprint density at radius 2 is 2.11 bits per heavy atom. The van der Waals surface area contributed by atoms with E-state index in [9.17, 15) is 9.18 Å². The van der Waals surface area contributed by atoms with Crippen LogP contribution < -0.4 is 11.1 Å². The van der Waals surface area contributed by atoms with Crippen molar-refractivity contribution < 1.29 is 9.18 Å². The zero-order valence-electron chi connectivity index (χ0n) is 10.0. The highest BCUT2D eigenvalue weighted by Gasteiger charge is 2.21. The average Bonchev–Trinajstić information content (AvgIpc) is 2.24. The van der Waals surface area contributed by atoms with Gasteiger partial charge in [0.15, 0.2) is 0 Å². The fraction of sp³-hybridized carbons (Fsp3) is 0.333. The van der Waals surface area contributed by atoms with E-state index >= 15 is 0 Å². The van der Waals surface area contributed by atoms with E-state index in [1.807, 2.05) is 13.8 Å². The maximum Gasteiger partial charge on any atom is 0.254 e. The highest BCUT2D eigenvalue weighted by atomic mass is 79.9. The van der Waals surface area contributed by atoms with Gasteiger partial charge in [0, 0.05) is 4.47 Å². The molecule has 0 spiro atoms. The summed E-state index contributed by atoms with van der Waals surface area (Å²) in [6.07, 6.45) is 0. The summed E-state index contributed by atoms with van der Waals surface area (Å²) in [6.45, 7) is 3.75. The van der Waals surface area contributed by atoms with Gasteiger partial charge in [-0.05, 0) is 24.1 Å². The maximum atomic E-state index is 13.6. The first-order valence-electron chi connectivity index (χ1n) is 5.38. The third-order valence-electron chi connectivity index (χ3n) is 2.44. The molecule has 1 amide bonds. The Labute approximate surface area is 119 Å². The number of hydrogen-bond donors (Lipinski definition) is 2. The summed E-state index contributed by atoms with van der Waals surface area (Å²) in [5, 5.41) is 2.63. The summed E-state index contributed by atoms with van der Waals surface area (Å²) in [7, 11) is 0. The molecule has 1 atom stereocenters. The SMILES string of the molecule is CC(C)C(NC(=O)c1ccc(Br)cc1F)C(N)=S. The molecule has 0 heterocycles. The molecule has 3 nitrogen and oxygen atoms in total. The summed E-state index contributed by atoms with van der Waals surface area (Å²) in [6, 6.07) is 3.80. The van der Waals surface area contributed by atoms with Gasteiger partial charge in [0.2, 0.25) is 0 Å².